The molecule has 1 unspecified atom stereocenters. The number of rotatable bonds is 1. The third-order valence-corrected chi connectivity index (χ3v) is 3.63. The van der Waals surface area contributed by atoms with Gasteiger partial charge < -0.3 is 9.05 Å². The Hall–Kier alpha value is -0.0500. The first-order valence-electron chi connectivity index (χ1n) is 4.45. The van der Waals surface area contributed by atoms with Gasteiger partial charge in [0, 0.05) is 22.0 Å². The molecule has 1 saturated heterocycles. The topological polar surface area (TPSA) is 35.5 Å². The summed E-state index contributed by atoms with van der Waals surface area (Å²) in [5.41, 5.74) is 0.808. The molecule has 1 aliphatic rings. The van der Waals surface area contributed by atoms with Crippen molar-refractivity contribution < 1.29 is 13.6 Å². The molecule has 2 atom stereocenters. The monoisotopic (exact) mass is 266 g/mol. The molecule has 0 N–H and O–H groups in total. The van der Waals surface area contributed by atoms with E-state index in [1.807, 2.05) is 0 Å². The Bertz CT molecular complexity index is 397. The van der Waals surface area contributed by atoms with Crippen molar-refractivity contribution in [3.8, 4) is 0 Å². The molecule has 0 saturated carbocycles. The van der Waals surface area contributed by atoms with Crippen LogP contribution in [0.2, 0.25) is 10.0 Å². The normalized spacial score (nSPS) is 26.5. The predicted octanol–water partition coefficient (Wildman–Crippen LogP) is 3.86. The SMILES string of the molecule is O=[PH]1OCC[C@@H](c2ccc(Cl)cc2Cl)O1. The highest BCUT2D eigenvalue weighted by molar-refractivity contribution is 7.33. The van der Waals surface area contributed by atoms with Crippen molar-refractivity contribution in [2.75, 3.05) is 6.61 Å². The number of halogens is 2. The van der Waals surface area contributed by atoms with E-state index in [0.717, 1.165) is 5.56 Å². The zero-order valence-corrected chi connectivity index (χ0v) is 10.2. The predicted molar refractivity (Wildman–Crippen MR) is 59.9 cm³/mol. The summed E-state index contributed by atoms with van der Waals surface area (Å²) in [5, 5.41) is 1.10. The lowest BCUT2D eigenvalue weighted by molar-refractivity contribution is 0.0969. The molecule has 15 heavy (non-hydrogen) atoms. The molecule has 1 aliphatic heterocycles. The second kappa shape index (κ2) is 4.86. The van der Waals surface area contributed by atoms with Crippen LogP contribution < -0.4 is 0 Å². The van der Waals surface area contributed by atoms with Crippen LogP contribution in [0.5, 0.6) is 0 Å². The van der Waals surface area contributed by atoms with Crippen molar-refractivity contribution in [2.24, 2.45) is 0 Å². The first kappa shape index (κ1) is 11.4. The Morgan fingerprint density at radius 1 is 1.40 bits per heavy atom. The van der Waals surface area contributed by atoms with Crippen LogP contribution >= 0.6 is 31.5 Å². The molecule has 0 bridgehead atoms. The van der Waals surface area contributed by atoms with Crippen LogP contribution in [0, 0.1) is 0 Å². The molecule has 1 fully saturated rings. The molecule has 6 heteroatoms. The number of benzene rings is 1. The highest BCUT2D eigenvalue weighted by atomic mass is 35.5. The minimum absolute atomic E-state index is 0.255. The molecular formula is C9H9Cl2O3P. The second-order valence-electron chi connectivity index (χ2n) is 3.16. The molecular weight excluding hydrogens is 258 g/mol. The molecule has 1 aromatic carbocycles. The van der Waals surface area contributed by atoms with Crippen molar-refractivity contribution in [3.63, 3.8) is 0 Å². The van der Waals surface area contributed by atoms with Gasteiger partial charge in [-0.2, -0.15) is 0 Å². The van der Waals surface area contributed by atoms with Gasteiger partial charge in [0.15, 0.2) is 0 Å². The van der Waals surface area contributed by atoms with E-state index in [2.05, 4.69) is 0 Å². The Morgan fingerprint density at radius 3 is 2.87 bits per heavy atom. The maximum Gasteiger partial charge on any atom is 0.319 e. The van der Waals surface area contributed by atoms with Crippen LogP contribution in [0.4, 0.5) is 0 Å². The average molecular weight is 267 g/mol. The van der Waals surface area contributed by atoms with Gasteiger partial charge in [-0.25, -0.2) is 0 Å². The van der Waals surface area contributed by atoms with Crippen molar-refractivity contribution in [2.45, 2.75) is 12.5 Å². The summed E-state index contributed by atoms with van der Waals surface area (Å²) in [6, 6.07) is 5.17. The van der Waals surface area contributed by atoms with E-state index in [1.54, 1.807) is 18.2 Å². The molecule has 0 amide bonds. The lowest BCUT2D eigenvalue weighted by atomic mass is 10.1. The summed E-state index contributed by atoms with van der Waals surface area (Å²) in [6.45, 7) is 0.432. The van der Waals surface area contributed by atoms with Crippen molar-refractivity contribution in [3.05, 3.63) is 33.8 Å². The fourth-order valence-electron chi connectivity index (χ4n) is 1.44. The first-order valence-corrected chi connectivity index (χ1v) is 6.43. The van der Waals surface area contributed by atoms with Gasteiger partial charge >= 0.3 is 8.25 Å². The summed E-state index contributed by atoms with van der Waals surface area (Å²) in [4.78, 5) is 0. The molecule has 82 valence electrons. The summed E-state index contributed by atoms with van der Waals surface area (Å²) < 4.78 is 21.1. The van der Waals surface area contributed by atoms with Gasteiger partial charge in [0.05, 0.1) is 12.7 Å². The largest absolute Gasteiger partial charge is 0.319 e. The summed E-state index contributed by atoms with van der Waals surface area (Å²) in [6.07, 6.45) is 0.396. The van der Waals surface area contributed by atoms with E-state index in [1.165, 1.54) is 0 Å². The van der Waals surface area contributed by atoms with Gasteiger partial charge in [-0.3, -0.25) is 4.57 Å². The van der Waals surface area contributed by atoms with Gasteiger partial charge in [0.2, 0.25) is 0 Å². The smallest absolute Gasteiger partial charge is 0.311 e. The average Bonchev–Trinajstić information content (AvgIpc) is 2.17. The Balaban J connectivity index is 2.24. The van der Waals surface area contributed by atoms with Crippen LogP contribution in [0.3, 0.4) is 0 Å². The molecule has 1 heterocycles. The van der Waals surface area contributed by atoms with E-state index in [9.17, 15) is 4.57 Å². The highest BCUT2D eigenvalue weighted by Crippen LogP contribution is 2.42. The number of hydrogen-bond donors (Lipinski definition) is 0. The van der Waals surface area contributed by atoms with E-state index in [0.29, 0.717) is 23.1 Å². The zero-order valence-electron chi connectivity index (χ0n) is 7.70. The third kappa shape index (κ3) is 2.74. The first-order chi connectivity index (χ1) is 7.16. The fourth-order valence-corrected chi connectivity index (χ4v) is 2.80. The maximum atomic E-state index is 11.1. The van der Waals surface area contributed by atoms with Crippen molar-refractivity contribution in [1.29, 1.82) is 0 Å². The van der Waals surface area contributed by atoms with Gasteiger partial charge in [-0.15, -0.1) is 0 Å². The molecule has 0 aliphatic carbocycles. The molecule has 0 spiro atoms. The highest BCUT2D eigenvalue weighted by Gasteiger charge is 2.22. The van der Waals surface area contributed by atoms with Gasteiger partial charge in [0.25, 0.3) is 0 Å². The van der Waals surface area contributed by atoms with E-state index in [-0.39, 0.29) is 6.10 Å². The summed E-state index contributed by atoms with van der Waals surface area (Å²) in [5.74, 6) is 0. The van der Waals surface area contributed by atoms with Crippen molar-refractivity contribution >= 4 is 31.5 Å². The zero-order chi connectivity index (χ0) is 10.8. The van der Waals surface area contributed by atoms with Crippen LogP contribution in [-0.2, 0) is 13.6 Å². The maximum absolute atomic E-state index is 11.1. The minimum atomic E-state index is -2.36. The van der Waals surface area contributed by atoms with Crippen molar-refractivity contribution in [1.82, 2.24) is 0 Å². The van der Waals surface area contributed by atoms with E-state index < -0.39 is 8.25 Å². The number of hydrogen-bond acceptors (Lipinski definition) is 3. The lowest BCUT2D eigenvalue weighted by Gasteiger charge is -2.23. The molecule has 1 aromatic rings. The van der Waals surface area contributed by atoms with Crippen LogP contribution in [0.15, 0.2) is 18.2 Å². The molecule has 0 radical (unpaired) electrons. The van der Waals surface area contributed by atoms with Crippen LogP contribution in [0.25, 0.3) is 0 Å². The molecule has 0 aromatic heterocycles. The molecule has 2 rings (SSSR count). The van der Waals surface area contributed by atoms with Crippen LogP contribution in [0.1, 0.15) is 18.1 Å². The van der Waals surface area contributed by atoms with E-state index in [4.69, 9.17) is 32.2 Å². The second-order valence-corrected chi connectivity index (χ2v) is 5.03. The Kier molecular flexibility index (Phi) is 3.70. The lowest BCUT2D eigenvalue weighted by Crippen LogP contribution is -2.09. The minimum Gasteiger partial charge on any atom is -0.311 e. The molecule has 3 nitrogen and oxygen atoms in total. The van der Waals surface area contributed by atoms with Gasteiger partial charge in [-0.05, 0) is 12.1 Å². The third-order valence-electron chi connectivity index (χ3n) is 2.15. The van der Waals surface area contributed by atoms with Gasteiger partial charge in [-0.1, -0.05) is 29.3 Å². The Morgan fingerprint density at radius 2 is 2.20 bits per heavy atom. The summed E-state index contributed by atoms with van der Waals surface area (Å²) in [7, 11) is -2.36. The quantitative estimate of drug-likeness (QED) is 0.724. The van der Waals surface area contributed by atoms with Gasteiger partial charge in [0.1, 0.15) is 0 Å². The summed E-state index contributed by atoms with van der Waals surface area (Å²) >= 11 is 11.8. The standard InChI is InChI=1S/C9H9Cl2O3P/c10-6-1-2-7(8(11)5-6)9-3-4-13-15(12)14-9/h1-2,5,9,15H,3-4H2/t9-/m0/s1. The Labute approximate surface area is 98.2 Å². The fraction of sp³-hybridized carbons (Fsp3) is 0.333. The van der Waals surface area contributed by atoms with E-state index >= 15 is 0 Å². The van der Waals surface area contributed by atoms with Crippen LogP contribution in [-0.4, -0.2) is 6.61 Å².